The molecule has 138 heavy (non-hydrogen) atoms. The molecule has 0 bridgehead atoms. The molecule has 46 heteroatoms. The van der Waals surface area contributed by atoms with Crippen LogP contribution in [-0.2, 0) is 145 Å². The molecule has 11 heterocycles. The summed E-state index contributed by atoms with van der Waals surface area (Å²) < 4.78 is 16.6. The highest BCUT2D eigenvalue weighted by Crippen LogP contribution is 2.59. The van der Waals surface area contributed by atoms with Gasteiger partial charge in [-0.2, -0.15) is 23.7 Å². The van der Waals surface area contributed by atoms with Gasteiger partial charge in [0.15, 0.2) is 23.1 Å². The number of anilines is 4. The number of fused-ring (bicyclic) bond motifs is 6. The molecule has 8 aromatic heterocycles. The molecule has 3 aliphatic heterocycles. The Kier molecular flexibility index (Phi) is 41.1. The van der Waals surface area contributed by atoms with Gasteiger partial charge in [-0.25, -0.2) is 54.3 Å². The van der Waals surface area contributed by atoms with Gasteiger partial charge in [-0.15, -0.1) is 0 Å². The molecule has 0 spiro atoms. The molecule has 13 atom stereocenters. The average molecular weight is 2330 g/mol. The smallest absolute Gasteiger partial charge is 0.411 e. The first-order chi connectivity index (χ1) is 64.8. The zero-order valence-electron chi connectivity index (χ0n) is 77.8. The van der Waals surface area contributed by atoms with Gasteiger partial charge in [-0.05, 0) is 322 Å². The first kappa shape index (κ1) is 113. The van der Waals surface area contributed by atoms with Crippen molar-refractivity contribution in [3.05, 3.63) is 173 Å². The van der Waals surface area contributed by atoms with Crippen molar-refractivity contribution in [2.45, 2.75) is 178 Å². The Morgan fingerprint density at radius 3 is 1.25 bits per heavy atom. The van der Waals surface area contributed by atoms with E-state index in [2.05, 4.69) is 202 Å². The summed E-state index contributed by atoms with van der Waals surface area (Å²) in [5.41, 5.74) is 13.7. The van der Waals surface area contributed by atoms with Crippen LogP contribution in [0.15, 0.2) is 128 Å². The fourth-order valence-electron chi connectivity index (χ4n) is 16.7. The van der Waals surface area contributed by atoms with Crippen LogP contribution in [0.4, 0.5) is 32.9 Å². The number of ether oxygens (including phenoxy) is 2. The number of nitrogens with zero attached hydrogens (tertiary/aromatic N) is 14. The van der Waals surface area contributed by atoms with Crippen LogP contribution in [0.1, 0.15) is 149 Å². The Bertz CT molecular complexity index is 6370. The molecule has 18 rings (SSSR count). The predicted molar refractivity (Wildman–Crippen MR) is 571 cm³/mol. The Balaban J connectivity index is 0.000000190. The van der Waals surface area contributed by atoms with Crippen LogP contribution in [0.25, 0.3) is 44.1 Å². The second kappa shape index (κ2) is 50.3. The molecule has 0 radical (unpaired) electrons. The monoisotopic (exact) mass is 2320 g/mol. The van der Waals surface area contributed by atoms with E-state index in [1.807, 2.05) is 147 Å². The molecule has 734 valence electrons. The van der Waals surface area contributed by atoms with E-state index < -0.39 is 53.3 Å². The van der Waals surface area contributed by atoms with Crippen molar-refractivity contribution in [1.29, 1.82) is 0 Å². The van der Waals surface area contributed by atoms with Crippen molar-refractivity contribution < 1.29 is 62.5 Å². The van der Waals surface area contributed by atoms with Gasteiger partial charge in [0, 0.05) is 173 Å². The first-order valence-corrected chi connectivity index (χ1v) is 54.4. The molecule has 10 aromatic rings. The normalized spacial score (nSPS) is 20.6. The highest BCUT2D eigenvalue weighted by molar-refractivity contribution is 9.11. The first-order valence-electron chi connectivity index (χ1n) is 43.2. The molecule has 8 aliphatic rings. The minimum absolute atomic E-state index is 0. The Hall–Kier alpha value is -8.75. The third-order valence-electron chi connectivity index (χ3n) is 23.6. The zero-order chi connectivity index (χ0) is 101. The number of aliphatic carboxylic acids is 1. The van der Waals surface area contributed by atoms with Crippen LogP contribution in [0, 0.1) is 101 Å². The van der Waals surface area contributed by atoms with Crippen LogP contribution >= 0.6 is 77.2 Å². The number of ketones is 4. The predicted octanol–water partition coefficient (Wildman–Crippen LogP) is 15.7. The topological polar surface area (TPSA) is 429 Å². The van der Waals surface area contributed by atoms with Crippen molar-refractivity contribution in [2.75, 3.05) is 41.3 Å². The van der Waals surface area contributed by atoms with E-state index in [0.29, 0.717) is 110 Å². The SMILES string of the molecule is CC(=O)Cn1nc(C(C)=O)c2cc(-c3cnc(C)nc3)ccc21.CC(=O)c1nn(CC(=O)C2C[C@H]3C[C@H]3[C@H]2C(=O)Nc2nc(Br)ccc2C)c2ccc(-c3cnc(C)nc3)cc12.CC(C)(C)OC(=O)N1C[C@H]2C[C@H]2[C@H]1C(=O)O.Cc1ccc(Br)nc1N.Cc1ccc(Br)nc1NC(=O)[C@@H]1[C@@H]2C[C@@H]2CN1C(=O)OC(C)(C)C.Cc1ccc(Br)nc1NC(=O)[C@H]1NC[C@H]2C[C@H]21.S.S=S.S=S=S.S=S=S=S. The van der Waals surface area contributed by atoms with Gasteiger partial charge >= 0.3 is 18.2 Å². The molecule has 7 N–H and O–H groups in total. The number of likely N-dealkylation sites (tertiary alicyclic amines) is 2. The number of Topliss-reactive ketones (excluding diaryl/α,β-unsaturated/α-hetero) is 4. The van der Waals surface area contributed by atoms with Gasteiger partial charge in [-0.3, -0.25) is 52.7 Å². The third-order valence-corrected chi connectivity index (χ3v) is 27.6. The number of rotatable bonds is 16. The number of carbonyl (C=O) groups is 10. The number of piperidine rings is 3. The van der Waals surface area contributed by atoms with Gasteiger partial charge < -0.3 is 41.6 Å². The number of nitrogens with one attached hydrogen (secondary N) is 4. The van der Waals surface area contributed by atoms with Crippen LogP contribution in [0.3, 0.4) is 0 Å². The average Bonchev–Trinajstić information content (AvgIpc) is 1.58. The van der Waals surface area contributed by atoms with Crippen molar-refractivity contribution in [2.24, 2.45) is 59.2 Å². The number of carboxylic acid groups (broad SMARTS) is 1. The number of pyridine rings is 4. The summed E-state index contributed by atoms with van der Waals surface area (Å²) in [5, 5.41) is 31.3. The lowest BCUT2D eigenvalue weighted by molar-refractivity contribution is -0.143. The summed E-state index contributed by atoms with van der Waals surface area (Å²) in [5.74, 6) is 4.26. The zero-order valence-corrected chi connectivity index (χ0v) is 92.5. The van der Waals surface area contributed by atoms with Gasteiger partial charge in [0.1, 0.15) is 94.6 Å². The van der Waals surface area contributed by atoms with Gasteiger partial charge in [0.25, 0.3) is 0 Å². The molecule has 5 amide bonds. The number of carbonyl (C=O) groups excluding carboxylic acids is 9. The fourth-order valence-corrected chi connectivity index (χ4v) is 18.0. The van der Waals surface area contributed by atoms with Crippen molar-refractivity contribution in [3.63, 3.8) is 0 Å². The van der Waals surface area contributed by atoms with E-state index in [4.69, 9.17) is 20.3 Å². The lowest BCUT2D eigenvalue weighted by Gasteiger charge is -2.29. The summed E-state index contributed by atoms with van der Waals surface area (Å²) in [4.78, 5) is 160. The number of aryl methyl sites for hydroxylation is 6. The number of hydrogen-bond acceptors (Lipinski definition) is 30. The van der Waals surface area contributed by atoms with Gasteiger partial charge in [-0.1, -0.05) is 36.4 Å². The molecule has 1 unspecified atom stereocenters. The second-order valence-corrected chi connectivity index (χ2v) is 44.6. The van der Waals surface area contributed by atoms with Gasteiger partial charge in [0.2, 0.25) is 17.7 Å². The molecular weight excluding hydrogens is 2220 g/mol. The number of amides is 5. The maximum Gasteiger partial charge on any atom is 0.411 e. The number of aromatic nitrogens is 12. The largest absolute Gasteiger partial charge is 0.480 e. The van der Waals surface area contributed by atoms with E-state index in [1.165, 1.54) is 49.9 Å². The number of benzene rings is 2. The number of halogens is 4. The molecular formula is C92H105Br4N19O13S10. The maximum atomic E-state index is 13.6. The fraction of sp³-hybridized carbons (Fsp3) is 0.435. The number of nitrogens with two attached hydrogens (primary N) is 1. The van der Waals surface area contributed by atoms with Crippen LogP contribution in [0.2, 0.25) is 0 Å². The number of hydrogen-bond donors (Lipinski definition) is 6. The minimum Gasteiger partial charge on any atom is -0.480 e. The van der Waals surface area contributed by atoms with Crippen LogP contribution in [-0.4, -0.2) is 182 Å². The van der Waals surface area contributed by atoms with E-state index in [9.17, 15) is 47.9 Å². The third kappa shape index (κ3) is 30.6. The molecule has 3 saturated heterocycles. The van der Waals surface area contributed by atoms with E-state index in [0.717, 1.165) is 105 Å². The Morgan fingerprint density at radius 1 is 0.493 bits per heavy atom. The second-order valence-electron chi connectivity index (χ2n) is 36.1. The van der Waals surface area contributed by atoms with E-state index in [1.54, 1.807) is 59.8 Å². The van der Waals surface area contributed by atoms with E-state index in [-0.39, 0.29) is 91.2 Å². The molecule has 5 aliphatic carbocycles. The summed E-state index contributed by atoms with van der Waals surface area (Å²) in [6.07, 6.45) is 10.8. The van der Waals surface area contributed by atoms with Crippen LogP contribution < -0.4 is 27.0 Å². The Labute approximate surface area is 878 Å². The maximum absolute atomic E-state index is 13.6. The minimum atomic E-state index is -0.921. The van der Waals surface area contributed by atoms with Crippen molar-refractivity contribution in [3.8, 4) is 22.3 Å². The Morgan fingerprint density at radius 2 is 0.877 bits per heavy atom. The number of carboxylic acids is 1. The highest BCUT2D eigenvalue weighted by Gasteiger charge is 2.60. The van der Waals surface area contributed by atoms with Crippen molar-refractivity contribution in [1.82, 2.24) is 74.5 Å². The summed E-state index contributed by atoms with van der Waals surface area (Å²) >= 11 is 37.4. The molecule has 5 saturated carbocycles. The lowest BCUT2D eigenvalue weighted by atomic mass is 9.86. The molecule has 8 fully saturated rings. The van der Waals surface area contributed by atoms with Crippen LogP contribution in [0.5, 0.6) is 0 Å². The quantitative estimate of drug-likeness (QED) is 0.0386. The summed E-state index contributed by atoms with van der Waals surface area (Å²) in [6, 6.07) is 25.2. The molecule has 32 nitrogen and oxygen atoms in total. The lowest BCUT2D eigenvalue weighted by Crippen LogP contribution is -2.47. The molecule has 2 aromatic carbocycles. The standard InChI is InChI=1S/C29H27BrN6O3.C17H22BrN3O3.C17H16N4O2.C12H14BrN3O.C11H17NO4.C6H7BrN2.S4.S3.S2.H2S/c1-14-4-7-25(30)33-28(14)34-29(39)26-20-9-18(20)10-22(26)24(38)13-36-23-6-5-17(19-11-31-16(3)32-12-19)8-21(23)27(35-36)15(2)37;1-9-5-6-12(18)19-14(9)20-15(22)13-11-7-10(11)8-21(13)16(23)24-17(2,3)4;1-10(22)9-21-16-5-4-13(14-7-18-12(3)19-8-14)6-15(16)17(20-21)11(2)23;1-6-2-3-9(13)15-11(6)16-12(17)10-8-4-7(8)5-14-10;1-11(2,3)16-10(15)12-5-6-4-7(6)8(12)9(13)14;1-4-2-3-5(7)9-6(4)8;1-3-4-2;1-3-2;1-2;/h4-8,11-12,18,20,22,26H,9-10,13H2,1-3H3,(H,33,34,39);5-6,10-11,13H,7-8H2,1-4H3,(H,19,20,22);4-8H,9H2,1-3H3;2-3,7-8,10,14H,4-5H2,1H3,(H,15,16,17);6-8H,4-5H2,1-3H3,(H,13,14);2-3H,1H3,(H2,8,9);;;;1H2/t18-,20-,22?,26-;10-,11-,13+;;7-,8-,10+;6-,7-,8+;;;;;/m11.11...../s1. The summed E-state index contributed by atoms with van der Waals surface area (Å²) in [6.45, 7) is 28.8. The van der Waals surface area contributed by atoms with E-state index >= 15 is 0 Å². The van der Waals surface area contributed by atoms with Crippen molar-refractivity contribution >= 4 is 275 Å². The van der Waals surface area contributed by atoms with Gasteiger partial charge in [0.05, 0.1) is 29.5 Å². The highest BCUT2D eigenvalue weighted by atomic mass is 79.9. The number of nitrogen functional groups attached to an aromatic ring is 1. The summed E-state index contributed by atoms with van der Waals surface area (Å²) in [7, 11) is 3.26.